The second-order valence-electron chi connectivity index (χ2n) is 3.73. The van der Waals surface area contributed by atoms with Crippen molar-refractivity contribution in [3.8, 4) is 5.75 Å². The maximum Gasteiger partial charge on any atom is 0.222 e. The fourth-order valence-corrected chi connectivity index (χ4v) is 1.55. The molecule has 0 amide bonds. The van der Waals surface area contributed by atoms with Crippen LogP contribution in [0.25, 0.3) is 0 Å². The number of methoxy groups -OCH3 is 1. The van der Waals surface area contributed by atoms with Gasteiger partial charge in [-0.3, -0.25) is 0 Å². The van der Waals surface area contributed by atoms with E-state index in [-0.39, 0.29) is 5.95 Å². The number of rotatable bonds is 7. The zero-order valence-corrected chi connectivity index (χ0v) is 10.5. The minimum absolute atomic E-state index is 0.261. The molecule has 0 bridgehead atoms. The van der Waals surface area contributed by atoms with E-state index in [1.54, 1.807) is 7.11 Å². The molecule has 0 aliphatic heterocycles. The predicted octanol–water partition coefficient (Wildman–Crippen LogP) is 0.781. The van der Waals surface area contributed by atoms with Crippen molar-refractivity contribution in [3.63, 3.8) is 0 Å². The highest BCUT2D eigenvalue weighted by Crippen LogP contribution is 2.27. The molecule has 0 atom stereocenters. The summed E-state index contributed by atoms with van der Waals surface area (Å²) in [6.45, 7) is 3.28. The van der Waals surface area contributed by atoms with Crippen molar-refractivity contribution in [3.05, 3.63) is 5.69 Å². The summed E-state index contributed by atoms with van der Waals surface area (Å²) in [6, 6.07) is 0. The molecular weight excluding hydrogens is 218 g/mol. The average Bonchev–Trinajstić information content (AvgIpc) is 2.33. The van der Waals surface area contributed by atoms with Gasteiger partial charge in [0.15, 0.2) is 11.6 Å². The third-order valence-electron chi connectivity index (χ3n) is 2.36. The van der Waals surface area contributed by atoms with Crippen LogP contribution < -0.4 is 21.5 Å². The molecule has 0 aliphatic carbocycles. The van der Waals surface area contributed by atoms with Crippen LogP contribution in [0.1, 0.15) is 25.5 Å². The number of aryl methyl sites for hydroxylation is 1. The predicted molar refractivity (Wildman–Crippen MR) is 69.2 cm³/mol. The number of hydrogen-bond acceptors (Lipinski definition) is 6. The van der Waals surface area contributed by atoms with Gasteiger partial charge in [0, 0.05) is 13.1 Å². The minimum atomic E-state index is 0.261. The second-order valence-corrected chi connectivity index (χ2v) is 3.73. The fourth-order valence-electron chi connectivity index (χ4n) is 1.55. The van der Waals surface area contributed by atoms with Gasteiger partial charge in [-0.2, -0.15) is 4.98 Å². The number of nitrogen functional groups attached to an aromatic ring is 1. The molecule has 96 valence electrons. The molecule has 0 saturated heterocycles. The maximum absolute atomic E-state index is 5.68. The molecule has 0 radical (unpaired) electrons. The topological polar surface area (TPSA) is 99.1 Å². The van der Waals surface area contributed by atoms with Crippen LogP contribution in [0, 0.1) is 0 Å². The van der Waals surface area contributed by atoms with Gasteiger partial charge in [-0.25, -0.2) is 4.98 Å². The third kappa shape index (κ3) is 3.74. The number of aromatic nitrogens is 2. The van der Waals surface area contributed by atoms with Crippen molar-refractivity contribution in [2.75, 3.05) is 31.2 Å². The Balaban J connectivity index is 2.97. The van der Waals surface area contributed by atoms with E-state index < -0.39 is 0 Å². The Morgan fingerprint density at radius 1 is 1.35 bits per heavy atom. The number of unbranched alkanes of at least 4 members (excludes halogenated alkanes) is 1. The van der Waals surface area contributed by atoms with Gasteiger partial charge in [0.1, 0.15) is 0 Å². The van der Waals surface area contributed by atoms with Crippen molar-refractivity contribution in [2.45, 2.75) is 26.2 Å². The first-order valence-electron chi connectivity index (χ1n) is 5.87. The molecule has 1 rings (SSSR count). The van der Waals surface area contributed by atoms with E-state index in [2.05, 4.69) is 22.2 Å². The average molecular weight is 239 g/mol. The van der Waals surface area contributed by atoms with Crippen molar-refractivity contribution in [1.82, 2.24) is 9.97 Å². The van der Waals surface area contributed by atoms with Crippen molar-refractivity contribution < 1.29 is 4.74 Å². The molecule has 17 heavy (non-hydrogen) atoms. The Labute approximate surface area is 102 Å². The summed E-state index contributed by atoms with van der Waals surface area (Å²) in [5, 5.41) is 3.09. The van der Waals surface area contributed by atoms with Gasteiger partial charge in [0.05, 0.1) is 12.8 Å². The molecule has 0 fully saturated rings. The first-order chi connectivity index (χ1) is 8.22. The summed E-state index contributed by atoms with van der Waals surface area (Å²) in [5.41, 5.74) is 12.0. The van der Waals surface area contributed by atoms with Crippen LogP contribution in [0.2, 0.25) is 0 Å². The summed E-state index contributed by atoms with van der Waals surface area (Å²) in [4.78, 5) is 8.35. The zero-order valence-electron chi connectivity index (χ0n) is 10.5. The molecule has 0 saturated carbocycles. The summed E-state index contributed by atoms with van der Waals surface area (Å²) < 4.78 is 5.34. The van der Waals surface area contributed by atoms with E-state index in [1.807, 2.05) is 0 Å². The van der Waals surface area contributed by atoms with Gasteiger partial charge >= 0.3 is 0 Å². The first-order valence-corrected chi connectivity index (χ1v) is 5.87. The molecule has 0 unspecified atom stereocenters. The monoisotopic (exact) mass is 239 g/mol. The van der Waals surface area contributed by atoms with E-state index >= 15 is 0 Å². The lowest BCUT2D eigenvalue weighted by molar-refractivity contribution is 0.406. The quantitative estimate of drug-likeness (QED) is 0.650. The highest BCUT2D eigenvalue weighted by atomic mass is 16.5. The largest absolute Gasteiger partial charge is 0.491 e. The van der Waals surface area contributed by atoms with Gasteiger partial charge in [0.25, 0.3) is 0 Å². The number of anilines is 2. The Bertz CT molecular complexity index is 327. The maximum atomic E-state index is 5.68. The highest BCUT2D eigenvalue weighted by molar-refractivity contribution is 5.55. The lowest BCUT2D eigenvalue weighted by atomic mass is 10.2. The van der Waals surface area contributed by atoms with Crippen LogP contribution in [-0.4, -0.2) is 30.2 Å². The van der Waals surface area contributed by atoms with Crippen LogP contribution in [0.3, 0.4) is 0 Å². The van der Waals surface area contributed by atoms with Crippen LogP contribution in [0.5, 0.6) is 5.75 Å². The molecule has 6 nitrogen and oxygen atoms in total. The Kier molecular flexibility index (Phi) is 5.48. The lowest BCUT2D eigenvalue weighted by Gasteiger charge is -2.13. The first kappa shape index (κ1) is 13.5. The van der Waals surface area contributed by atoms with Crippen molar-refractivity contribution in [2.24, 2.45) is 5.73 Å². The van der Waals surface area contributed by atoms with Crippen molar-refractivity contribution in [1.29, 1.82) is 0 Å². The standard InChI is InChI=1S/C11H21N5O/c1-3-4-5-8-9(17-2)10(14-7-6-12)16-11(13)15-8/h3-7,12H2,1-2H3,(H3,13,14,15,16). The molecule has 5 N–H and O–H groups in total. The Hall–Kier alpha value is -1.56. The molecule has 0 spiro atoms. The summed E-state index contributed by atoms with van der Waals surface area (Å²) in [6.07, 6.45) is 2.98. The van der Waals surface area contributed by atoms with Gasteiger partial charge in [-0.15, -0.1) is 0 Å². The molecule has 0 aromatic carbocycles. The smallest absolute Gasteiger partial charge is 0.222 e. The molecular formula is C11H21N5O. The zero-order chi connectivity index (χ0) is 12.7. The summed E-state index contributed by atoms with van der Waals surface area (Å²) in [7, 11) is 1.61. The SMILES string of the molecule is CCCCc1nc(N)nc(NCCN)c1OC. The van der Waals surface area contributed by atoms with E-state index in [0.717, 1.165) is 25.0 Å². The number of hydrogen-bond donors (Lipinski definition) is 3. The number of nitrogens with two attached hydrogens (primary N) is 2. The van der Waals surface area contributed by atoms with Gasteiger partial charge in [-0.1, -0.05) is 13.3 Å². The second kappa shape index (κ2) is 6.90. The number of nitrogens with zero attached hydrogens (tertiary/aromatic N) is 2. The van der Waals surface area contributed by atoms with Gasteiger partial charge in [0.2, 0.25) is 5.95 Å². The molecule has 1 aromatic rings. The van der Waals surface area contributed by atoms with Gasteiger partial charge < -0.3 is 21.5 Å². The van der Waals surface area contributed by atoms with Crippen LogP contribution in [0.15, 0.2) is 0 Å². The molecule has 6 heteroatoms. The number of ether oxygens (including phenoxy) is 1. The summed E-state index contributed by atoms with van der Waals surface area (Å²) in [5.74, 6) is 1.55. The van der Waals surface area contributed by atoms with E-state index in [4.69, 9.17) is 16.2 Å². The Morgan fingerprint density at radius 2 is 2.12 bits per heavy atom. The van der Waals surface area contributed by atoms with Crippen LogP contribution in [0.4, 0.5) is 11.8 Å². The number of nitrogens with one attached hydrogen (secondary N) is 1. The molecule has 1 aromatic heterocycles. The van der Waals surface area contributed by atoms with E-state index in [0.29, 0.717) is 24.7 Å². The van der Waals surface area contributed by atoms with Crippen LogP contribution in [-0.2, 0) is 6.42 Å². The van der Waals surface area contributed by atoms with E-state index in [9.17, 15) is 0 Å². The summed E-state index contributed by atoms with van der Waals surface area (Å²) >= 11 is 0. The van der Waals surface area contributed by atoms with Gasteiger partial charge in [-0.05, 0) is 12.8 Å². The Morgan fingerprint density at radius 3 is 2.71 bits per heavy atom. The van der Waals surface area contributed by atoms with Crippen molar-refractivity contribution >= 4 is 11.8 Å². The van der Waals surface area contributed by atoms with E-state index in [1.165, 1.54) is 0 Å². The molecule has 1 heterocycles. The van der Waals surface area contributed by atoms with Crippen LogP contribution >= 0.6 is 0 Å². The molecule has 0 aliphatic rings. The fraction of sp³-hybridized carbons (Fsp3) is 0.636. The highest BCUT2D eigenvalue weighted by Gasteiger charge is 2.13. The lowest BCUT2D eigenvalue weighted by Crippen LogP contribution is -2.16. The normalized spacial score (nSPS) is 10.3. The minimum Gasteiger partial charge on any atom is -0.491 e. The third-order valence-corrected chi connectivity index (χ3v) is 2.36.